The van der Waals surface area contributed by atoms with Gasteiger partial charge in [0.15, 0.2) is 5.84 Å². The first-order valence-electron chi connectivity index (χ1n) is 10.4. The van der Waals surface area contributed by atoms with Crippen LogP contribution in [-0.4, -0.2) is 29.6 Å². The highest BCUT2D eigenvalue weighted by molar-refractivity contribution is 6.20. The Morgan fingerprint density at radius 2 is 1.81 bits per heavy atom. The second-order valence-corrected chi connectivity index (χ2v) is 8.69. The van der Waals surface area contributed by atoms with Crippen molar-refractivity contribution in [2.24, 2.45) is 15.5 Å². The summed E-state index contributed by atoms with van der Waals surface area (Å²) in [5, 5.41) is 6.27. The monoisotopic (exact) mass is 413 g/mol. The molecule has 0 unspecified atom stereocenters. The van der Waals surface area contributed by atoms with Crippen molar-refractivity contribution in [3.63, 3.8) is 0 Å². The first kappa shape index (κ1) is 20.8. The number of hydrazone groups is 1. The number of methoxy groups -OCH3 is 1. The molecule has 2 aromatic rings. The average molecular weight is 414 g/mol. The van der Waals surface area contributed by atoms with Crippen LogP contribution in [0.15, 0.2) is 82.0 Å². The molecule has 0 fully saturated rings. The summed E-state index contributed by atoms with van der Waals surface area (Å²) in [6.07, 6.45) is 5.62. The average Bonchev–Trinajstić information content (AvgIpc) is 3.03. The van der Waals surface area contributed by atoms with Crippen molar-refractivity contribution in [1.82, 2.24) is 5.01 Å². The molecule has 0 atom stereocenters. The molecule has 0 saturated heterocycles. The highest BCUT2D eigenvalue weighted by Crippen LogP contribution is 2.33. The number of hydrogen-bond acceptors (Lipinski definition) is 4. The van der Waals surface area contributed by atoms with Gasteiger partial charge in [-0.05, 0) is 30.9 Å². The van der Waals surface area contributed by atoms with E-state index in [1.807, 2.05) is 54.6 Å². The number of amides is 1. The highest BCUT2D eigenvalue weighted by atomic mass is 16.5. The number of rotatable bonds is 4. The van der Waals surface area contributed by atoms with Crippen LogP contribution < -0.4 is 4.74 Å². The summed E-state index contributed by atoms with van der Waals surface area (Å²) in [5.74, 6) is 1.00. The summed E-state index contributed by atoms with van der Waals surface area (Å²) in [6.45, 7) is 6.49. The van der Waals surface area contributed by atoms with Crippen LogP contribution in [0, 0.1) is 5.41 Å². The molecule has 0 spiro atoms. The molecule has 2 aliphatic rings. The lowest BCUT2D eigenvalue weighted by molar-refractivity contribution is -0.122. The van der Waals surface area contributed by atoms with Gasteiger partial charge in [-0.2, -0.15) is 10.1 Å². The van der Waals surface area contributed by atoms with Crippen LogP contribution in [0.3, 0.4) is 0 Å². The minimum atomic E-state index is -0.234. The van der Waals surface area contributed by atoms with Crippen molar-refractivity contribution in [2.75, 3.05) is 7.11 Å². The van der Waals surface area contributed by atoms with E-state index in [4.69, 9.17) is 9.84 Å². The van der Waals surface area contributed by atoms with Gasteiger partial charge in [-0.1, -0.05) is 74.0 Å². The lowest BCUT2D eigenvalue weighted by atomic mass is 9.79. The number of hydrogen-bond donors (Lipinski definition) is 0. The third-order valence-electron chi connectivity index (χ3n) is 5.32. The Bertz CT molecular complexity index is 1120. The Hall–Kier alpha value is -3.47. The highest BCUT2D eigenvalue weighted by Gasteiger charge is 2.33. The summed E-state index contributed by atoms with van der Waals surface area (Å²) in [4.78, 5) is 18.1. The number of benzene rings is 2. The lowest BCUT2D eigenvalue weighted by Gasteiger charge is -2.28. The predicted octanol–water partition coefficient (Wildman–Crippen LogP) is 5.45. The predicted molar refractivity (Wildman–Crippen MR) is 125 cm³/mol. The minimum Gasteiger partial charge on any atom is -0.496 e. The molecule has 0 saturated carbocycles. The number of carbonyl (C=O) groups is 1. The van der Waals surface area contributed by atoms with Crippen molar-refractivity contribution in [3.05, 3.63) is 83.1 Å². The SMILES string of the molecule is COc1ccccc1/C=C1/N=C(c2ccccc2)N(/N=C2\CC(C)=CC(C)(C)C2)C1=O. The number of carbonyl (C=O) groups excluding carboxylic acids is 1. The topological polar surface area (TPSA) is 54.3 Å². The van der Waals surface area contributed by atoms with Gasteiger partial charge in [0.1, 0.15) is 11.4 Å². The van der Waals surface area contributed by atoms with Crippen molar-refractivity contribution < 1.29 is 9.53 Å². The van der Waals surface area contributed by atoms with E-state index in [1.165, 1.54) is 10.6 Å². The van der Waals surface area contributed by atoms with E-state index in [-0.39, 0.29) is 11.3 Å². The summed E-state index contributed by atoms with van der Waals surface area (Å²) in [6, 6.07) is 17.3. The van der Waals surface area contributed by atoms with Crippen LogP contribution in [0.25, 0.3) is 6.08 Å². The minimum absolute atomic E-state index is 0.0179. The van der Waals surface area contributed by atoms with Crippen molar-refractivity contribution in [3.8, 4) is 5.75 Å². The third-order valence-corrected chi connectivity index (χ3v) is 5.32. The van der Waals surface area contributed by atoms with E-state index in [9.17, 15) is 4.79 Å². The molecular weight excluding hydrogens is 386 g/mol. The second-order valence-electron chi connectivity index (χ2n) is 8.69. The van der Waals surface area contributed by atoms with Gasteiger partial charge in [0.2, 0.25) is 0 Å². The number of nitrogens with zero attached hydrogens (tertiary/aromatic N) is 3. The van der Waals surface area contributed by atoms with Gasteiger partial charge in [0.05, 0.1) is 7.11 Å². The Morgan fingerprint density at radius 1 is 1.10 bits per heavy atom. The number of para-hydroxylation sites is 1. The number of allylic oxidation sites excluding steroid dienone is 2. The van der Waals surface area contributed by atoms with Crippen LogP contribution in [0.5, 0.6) is 5.75 Å². The first-order chi connectivity index (χ1) is 14.9. The molecule has 4 rings (SSSR count). The Balaban J connectivity index is 1.77. The van der Waals surface area contributed by atoms with E-state index >= 15 is 0 Å². The Morgan fingerprint density at radius 3 is 2.52 bits per heavy atom. The molecule has 5 nitrogen and oxygen atoms in total. The largest absolute Gasteiger partial charge is 0.496 e. The smallest absolute Gasteiger partial charge is 0.298 e. The molecule has 1 heterocycles. The first-order valence-corrected chi connectivity index (χ1v) is 10.4. The van der Waals surface area contributed by atoms with Gasteiger partial charge in [-0.3, -0.25) is 4.79 Å². The molecule has 31 heavy (non-hydrogen) atoms. The molecule has 1 aliphatic carbocycles. The van der Waals surface area contributed by atoms with Crippen LogP contribution in [-0.2, 0) is 4.79 Å². The van der Waals surface area contributed by atoms with Gasteiger partial charge in [-0.25, -0.2) is 4.99 Å². The van der Waals surface area contributed by atoms with Gasteiger partial charge in [-0.15, -0.1) is 0 Å². The lowest BCUT2D eigenvalue weighted by Crippen LogP contribution is -2.31. The molecule has 0 aromatic heterocycles. The van der Waals surface area contributed by atoms with Crippen LogP contribution in [0.4, 0.5) is 0 Å². The Kier molecular flexibility index (Phi) is 5.59. The van der Waals surface area contributed by atoms with E-state index in [0.717, 1.165) is 29.7 Å². The van der Waals surface area contributed by atoms with E-state index in [1.54, 1.807) is 13.2 Å². The fourth-order valence-electron chi connectivity index (χ4n) is 4.20. The third kappa shape index (κ3) is 4.50. The molecule has 1 aliphatic heterocycles. The quantitative estimate of drug-likeness (QED) is 0.494. The zero-order valence-corrected chi connectivity index (χ0v) is 18.4. The molecule has 1 amide bonds. The standard InChI is InChI=1S/C26H27N3O2/c1-18-14-21(17-26(2,3)16-18)28-29-24(19-10-6-5-7-11-19)27-22(25(29)30)15-20-12-8-9-13-23(20)31-4/h5-13,15-16H,14,17H2,1-4H3/b22-15+,28-21+. The molecule has 2 aromatic carbocycles. The van der Waals surface area contributed by atoms with E-state index in [0.29, 0.717) is 17.3 Å². The zero-order valence-electron chi connectivity index (χ0n) is 18.4. The van der Waals surface area contributed by atoms with E-state index in [2.05, 4.69) is 31.8 Å². The molecule has 0 bridgehead atoms. The van der Waals surface area contributed by atoms with Gasteiger partial charge < -0.3 is 4.74 Å². The number of ether oxygens (including phenoxy) is 1. The fourth-order valence-corrected chi connectivity index (χ4v) is 4.20. The number of amidine groups is 1. The normalized spacial score (nSPS) is 20.8. The van der Waals surface area contributed by atoms with Crippen molar-refractivity contribution in [1.29, 1.82) is 0 Å². The fraction of sp³-hybridized carbons (Fsp3) is 0.269. The van der Waals surface area contributed by atoms with Gasteiger partial charge in [0.25, 0.3) is 5.91 Å². The van der Waals surface area contributed by atoms with Gasteiger partial charge >= 0.3 is 0 Å². The molecular formula is C26H27N3O2. The zero-order chi connectivity index (χ0) is 22.0. The van der Waals surface area contributed by atoms with E-state index < -0.39 is 0 Å². The summed E-state index contributed by atoms with van der Waals surface area (Å²) < 4.78 is 5.43. The number of aliphatic imine (C=N–C) groups is 1. The van der Waals surface area contributed by atoms with Crippen LogP contribution in [0.1, 0.15) is 44.7 Å². The molecule has 0 N–H and O–H groups in total. The summed E-state index contributed by atoms with van der Waals surface area (Å²) in [7, 11) is 1.62. The van der Waals surface area contributed by atoms with Crippen LogP contribution >= 0.6 is 0 Å². The maximum absolute atomic E-state index is 13.4. The van der Waals surface area contributed by atoms with Crippen LogP contribution in [0.2, 0.25) is 0 Å². The van der Waals surface area contributed by atoms with Gasteiger partial charge in [0, 0.05) is 23.3 Å². The maximum atomic E-state index is 13.4. The Labute approximate surface area is 183 Å². The molecule has 0 radical (unpaired) electrons. The molecule has 5 heteroatoms. The summed E-state index contributed by atoms with van der Waals surface area (Å²) in [5.41, 5.74) is 4.27. The molecule has 158 valence electrons. The summed E-state index contributed by atoms with van der Waals surface area (Å²) >= 11 is 0. The maximum Gasteiger partial charge on any atom is 0.298 e. The second kappa shape index (κ2) is 8.34. The van der Waals surface area contributed by atoms with Crippen molar-refractivity contribution in [2.45, 2.75) is 33.6 Å². The van der Waals surface area contributed by atoms with Crippen molar-refractivity contribution >= 4 is 23.5 Å².